The summed E-state index contributed by atoms with van der Waals surface area (Å²) < 4.78 is 76.1. The molecular formula is C17H9F5N2O3. The minimum atomic E-state index is -2.29. The number of benzene rings is 1. The van der Waals surface area contributed by atoms with E-state index in [9.17, 15) is 26.7 Å². The quantitative estimate of drug-likeness (QED) is 0.407. The Bertz CT molecular complexity index is 963. The molecule has 0 spiro atoms. The zero-order valence-electron chi connectivity index (χ0n) is 13.2. The monoisotopic (exact) mass is 384 g/mol. The van der Waals surface area contributed by atoms with Crippen LogP contribution in [0.1, 0.15) is 16.3 Å². The topological polar surface area (TPSA) is 64.4 Å². The van der Waals surface area contributed by atoms with Gasteiger partial charge in [-0.15, -0.1) is 0 Å². The van der Waals surface area contributed by atoms with Crippen LogP contribution in [0.25, 0.3) is 0 Å². The number of aromatic nitrogens is 1. The van der Waals surface area contributed by atoms with Crippen molar-refractivity contribution in [1.29, 1.82) is 0 Å². The zero-order chi connectivity index (χ0) is 19.6. The first-order valence-electron chi connectivity index (χ1n) is 7.32. The standard InChI is InChI=1S/C17H9F5N2O3/c18-11-12(19)14(21)16(15(22)13(11)20)26-7-9-1-2-10(27-9)17(25)24-8-3-5-23-6-4-8/h1-6H,7H2,(H,23,24,25). The molecule has 27 heavy (non-hydrogen) atoms. The van der Waals surface area contributed by atoms with Crippen LogP contribution in [0, 0.1) is 29.1 Å². The number of ether oxygens (including phenoxy) is 1. The van der Waals surface area contributed by atoms with Crippen molar-refractivity contribution in [2.45, 2.75) is 6.61 Å². The fraction of sp³-hybridized carbons (Fsp3) is 0.0588. The molecule has 0 unspecified atom stereocenters. The average molecular weight is 384 g/mol. The van der Waals surface area contributed by atoms with Gasteiger partial charge in [0.05, 0.1) is 0 Å². The van der Waals surface area contributed by atoms with Crippen LogP contribution < -0.4 is 10.1 Å². The van der Waals surface area contributed by atoms with Gasteiger partial charge < -0.3 is 14.5 Å². The number of halogens is 5. The van der Waals surface area contributed by atoms with Crippen LogP contribution in [0.3, 0.4) is 0 Å². The van der Waals surface area contributed by atoms with Gasteiger partial charge in [-0.2, -0.15) is 8.78 Å². The third-order valence-electron chi connectivity index (χ3n) is 3.35. The number of carbonyl (C=O) groups excluding carboxylic acids is 1. The molecule has 2 heterocycles. The van der Waals surface area contributed by atoms with E-state index in [4.69, 9.17) is 4.42 Å². The van der Waals surface area contributed by atoms with E-state index in [1.165, 1.54) is 36.7 Å². The van der Waals surface area contributed by atoms with Gasteiger partial charge in [-0.1, -0.05) is 0 Å². The molecule has 5 nitrogen and oxygen atoms in total. The molecule has 1 N–H and O–H groups in total. The van der Waals surface area contributed by atoms with Gasteiger partial charge in [-0.3, -0.25) is 9.78 Å². The predicted molar refractivity (Wildman–Crippen MR) is 81.5 cm³/mol. The Balaban J connectivity index is 1.71. The highest BCUT2D eigenvalue weighted by molar-refractivity contribution is 6.02. The maximum absolute atomic E-state index is 13.5. The fourth-order valence-electron chi connectivity index (χ4n) is 2.06. The van der Waals surface area contributed by atoms with Gasteiger partial charge in [0.2, 0.25) is 29.1 Å². The Morgan fingerprint density at radius 1 is 0.926 bits per heavy atom. The summed E-state index contributed by atoms with van der Waals surface area (Å²) in [5.41, 5.74) is 0.450. The lowest BCUT2D eigenvalue weighted by atomic mass is 10.2. The number of nitrogens with zero attached hydrogens (tertiary/aromatic N) is 1. The maximum atomic E-state index is 13.5. The Kier molecular flexibility index (Phi) is 5.06. The molecule has 10 heteroatoms. The summed E-state index contributed by atoms with van der Waals surface area (Å²) in [4.78, 5) is 15.8. The Morgan fingerprint density at radius 2 is 1.52 bits per heavy atom. The number of amides is 1. The number of anilines is 1. The highest BCUT2D eigenvalue weighted by atomic mass is 19.2. The van der Waals surface area contributed by atoms with E-state index in [0.717, 1.165) is 0 Å². The van der Waals surface area contributed by atoms with Crippen molar-refractivity contribution in [3.8, 4) is 5.75 Å². The Hall–Kier alpha value is -3.43. The van der Waals surface area contributed by atoms with Gasteiger partial charge in [-0.25, -0.2) is 13.2 Å². The molecule has 0 fully saturated rings. The lowest BCUT2D eigenvalue weighted by molar-refractivity contribution is 0.0992. The smallest absolute Gasteiger partial charge is 0.291 e. The van der Waals surface area contributed by atoms with Crippen LogP contribution >= 0.6 is 0 Å². The summed E-state index contributed by atoms with van der Waals surface area (Å²) in [5.74, 6) is -13.0. The lowest BCUT2D eigenvalue weighted by Gasteiger charge is -2.09. The van der Waals surface area contributed by atoms with E-state index in [1.54, 1.807) is 0 Å². The van der Waals surface area contributed by atoms with Crippen molar-refractivity contribution < 1.29 is 35.9 Å². The summed E-state index contributed by atoms with van der Waals surface area (Å²) in [6, 6.07) is 5.59. The molecule has 3 aromatic rings. The van der Waals surface area contributed by atoms with Crippen LogP contribution in [0.2, 0.25) is 0 Å². The summed E-state index contributed by atoms with van der Waals surface area (Å²) in [6.45, 7) is -0.666. The molecule has 0 aliphatic rings. The molecule has 0 bridgehead atoms. The SMILES string of the molecule is O=C(Nc1ccncc1)c1ccc(COc2c(F)c(F)c(F)c(F)c2F)o1. The molecule has 1 amide bonds. The van der Waals surface area contributed by atoms with E-state index in [-0.39, 0.29) is 11.5 Å². The lowest BCUT2D eigenvalue weighted by Crippen LogP contribution is -2.10. The van der Waals surface area contributed by atoms with Crippen LogP contribution in [-0.2, 0) is 6.61 Å². The fourth-order valence-corrected chi connectivity index (χ4v) is 2.06. The first-order chi connectivity index (χ1) is 12.9. The third kappa shape index (κ3) is 3.73. The molecule has 0 saturated heterocycles. The number of carbonyl (C=O) groups is 1. The number of nitrogens with one attached hydrogen (secondary N) is 1. The Labute approximate surface area is 148 Å². The summed E-state index contributed by atoms with van der Waals surface area (Å²) in [5, 5.41) is 2.51. The van der Waals surface area contributed by atoms with Crippen molar-refractivity contribution in [1.82, 2.24) is 4.98 Å². The highest BCUT2D eigenvalue weighted by Crippen LogP contribution is 2.29. The predicted octanol–water partition coefficient (Wildman–Crippen LogP) is 4.20. The minimum absolute atomic E-state index is 0.0705. The van der Waals surface area contributed by atoms with E-state index < -0.39 is 47.3 Å². The highest BCUT2D eigenvalue weighted by Gasteiger charge is 2.27. The van der Waals surface area contributed by atoms with Crippen molar-refractivity contribution >= 4 is 11.6 Å². The van der Waals surface area contributed by atoms with Crippen molar-refractivity contribution in [2.24, 2.45) is 0 Å². The largest absolute Gasteiger partial charge is 0.479 e. The van der Waals surface area contributed by atoms with Gasteiger partial charge >= 0.3 is 0 Å². The average Bonchev–Trinajstić information content (AvgIpc) is 3.15. The first-order valence-corrected chi connectivity index (χ1v) is 7.32. The van der Waals surface area contributed by atoms with E-state index >= 15 is 0 Å². The van der Waals surface area contributed by atoms with Gasteiger partial charge in [-0.05, 0) is 24.3 Å². The van der Waals surface area contributed by atoms with E-state index in [2.05, 4.69) is 15.0 Å². The molecule has 140 valence electrons. The number of hydrogen-bond acceptors (Lipinski definition) is 4. The van der Waals surface area contributed by atoms with Crippen molar-refractivity contribution in [2.75, 3.05) is 5.32 Å². The van der Waals surface area contributed by atoms with Crippen molar-refractivity contribution in [3.05, 3.63) is 77.3 Å². The summed E-state index contributed by atoms with van der Waals surface area (Å²) >= 11 is 0. The minimum Gasteiger partial charge on any atom is -0.479 e. The van der Waals surface area contributed by atoms with Gasteiger partial charge in [0.15, 0.2) is 11.5 Å². The second-order valence-electron chi connectivity index (χ2n) is 5.14. The number of furan rings is 1. The first kappa shape index (κ1) is 18.4. The van der Waals surface area contributed by atoms with E-state index in [0.29, 0.717) is 5.69 Å². The number of pyridine rings is 1. The van der Waals surface area contributed by atoms with Gasteiger partial charge in [0, 0.05) is 18.1 Å². The second-order valence-corrected chi connectivity index (χ2v) is 5.14. The Morgan fingerprint density at radius 3 is 2.15 bits per heavy atom. The molecule has 0 atom stereocenters. The molecule has 3 rings (SSSR count). The van der Waals surface area contributed by atoms with Crippen LogP contribution in [0.15, 0.2) is 41.1 Å². The normalized spacial score (nSPS) is 10.7. The van der Waals surface area contributed by atoms with Crippen LogP contribution in [0.5, 0.6) is 5.75 Å². The summed E-state index contributed by atoms with van der Waals surface area (Å²) in [6.07, 6.45) is 2.92. The molecule has 0 radical (unpaired) electrons. The van der Waals surface area contributed by atoms with Crippen molar-refractivity contribution in [3.63, 3.8) is 0 Å². The maximum Gasteiger partial charge on any atom is 0.291 e. The third-order valence-corrected chi connectivity index (χ3v) is 3.35. The van der Waals surface area contributed by atoms with Crippen LogP contribution in [0.4, 0.5) is 27.6 Å². The summed E-state index contributed by atoms with van der Waals surface area (Å²) in [7, 11) is 0. The molecular weight excluding hydrogens is 375 g/mol. The van der Waals surface area contributed by atoms with Gasteiger partial charge in [0.1, 0.15) is 12.4 Å². The number of hydrogen-bond donors (Lipinski definition) is 1. The second kappa shape index (κ2) is 7.44. The van der Waals surface area contributed by atoms with E-state index in [1.807, 2.05) is 0 Å². The van der Waals surface area contributed by atoms with Gasteiger partial charge in [0.25, 0.3) is 5.91 Å². The molecule has 0 saturated carbocycles. The molecule has 0 aliphatic heterocycles. The van der Waals surface area contributed by atoms with Crippen LogP contribution in [-0.4, -0.2) is 10.9 Å². The number of rotatable bonds is 5. The molecule has 0 aliphatic carbocycles. The zero-order valence-corrected chi connectivity index (χ0v) is 13.2. The molecule has 1 aromatic carbocycles. The molecule has 2 aromatic heterocycles.